The van der Waals surface area contributed by atoms with Gasteiger partial charge < -0.3 is 19.7 Å². The number of nitrogens with zero attached hydrogens (tertiary/aromatic N) is 5. The Labute approximate surface area is 200 Å². The van der Waals surface area contributed by atoms with Crippen molar-refractivity contribution in [2.45, 2.75) is 37.8 Å². The summed E-state index contributed by atoms with van der Waals surface area (Å²) in [6.07, 6.45) is 8.27. The highest BCUT2D eigenvalue weighted by molar-refractivity contribution is 9.10. The summed E-state index contributed by atoms with van der Waals surface area (Å²) in [4.78, 5) is 32.0. The lowest BCUT2D eigenvalue weighted by Gasteiger charge is -2.31. The van der Waals surface area contributed by atoms with Crippen molar-refractivity contribution in [1.29, 1.82) is 0 Å². The average Bonchev–Trinajstić information content (AvgIpc) is 2.86. The van der Waals surface area contributed by atoms with Crippen molar-refractivity contribution in [2.24, 2.45) is 0 Å². The molecule has 2 fully saturated rings. The number of fused-ring (bicyclic) bond motifs is 1. The van der Waals surface area contributed by atoms with Crippen LogP contribution in [0.2, 0.25) is 0 Å². The second-order valence-electron chi connectivity index (χ2n) is 8.24. The van der Waals surface area contributed by atoms with Gasteiger partial charge in [0.15, 0.2) is 0 Å². The lowest BCUT2D eigenvalue weighted by Crippen LogP contribution is -2.40. The van der Waals surface area contributed by atoms with E-state index >= 15 is 0 Å². The van der Waals surface area contributed by atoms with E-state index < -0.39 is 0 Å². The summed E-state index contributed by atoms with van der Waals surface area (Å²) >= 11 is 3.51. The molecule has 0 radical (unpaired) electrons. The van der Waals surface area contributed by atoms with Crippen molar-refractivity contribution in [3.63, 3.8) is 0 Å². The highest BCUT2D eigenvalue weighted by Crippen LogP contribution is 2.32. The third kappa shape index (κ3) is 5.22. The Morgan fingerprint density at radius 1 is 1.09 bits per heavy atom. The van der Waals surface area contributed by atoms with Gasteiger partial charge in [-0.3, -0.25) is 9.78 Å². The number of rotatable bonds is 5. The number of halogens is 1. The third-order valence-electron chi connectivity index (χ3n) is 5.99. The molecule has 4 heterocycles. The van der Waals surface area contributed by atoms with Crippen LogP contribution in [0.5, 0.6) is 5.88 Å². The van der Waals surface area contributed by atoms with Crippen molar-refractivity contribution < 1.29 is 14.3 Å². The van der Waals surface area contributed by atoms with Crippen LogP contribution in [0.4, 0.5) is 5.82 Å². The minimum absolute atomic E-state index is 0.0285. The van der Waals surface area contributed by atoms with E-state index in [-0.39, 0.29) is 23.9 Å². The molecule has 1 saturated heterocycles. The molecule has 0 bridgehead atoms. The molecule has 0 atom stereocenters. The first-order chi connectivity index (χ1) is 16.2. The van der Waals surface area contributed by atoms with Crippen LogP contribution in [0.25, 0.3) is 10.9 Å². The zero-order valence-electron chi connectivity index (χ0n) is 18.1. The van der Waals surface area contributed by atoms with Crippen LogP contribution in [-0.4, -0.2) is 64.3 Å². The molecule has 1 N–H and O–H groups in total. The van der Waals surface area contributed by atoms with E-state index in [2.05, 4.69) is 41.1 Å². The van der Waals surface area contributed by atoms with Gasteiger partial charge >= 0.3 is 0 Å². The number of nitrogens with one attached hydrogen (secondary N) is 1. The number of ether oxygens (including phenoxy) is 2. The zero-order chi connectivity index (χ0) is 22.6. The number of hydrogen-bond acceptors (Lipinski definition) is 8. The van der Waals surface area contributed by atoms with Gasteiger partial charge in [0.25, 0.3) is 5.91 Å². The molecule has 2 aliphatic rings. The number of anilines is 1. The smallest absolute Gasteiger partial charge is 0.289 e. The number of morpholine rings is 1. The molecule has 0 spiro atoms. The summed E-state index contributed by atoms with van der Waals surface area (Å²) in [5, 5.41) is 3.93. The second kappa shape index (κ2) is 9.96. The van der Waals surface area contributed by atoms with Gasteiger partial charge in [0, 0.05) is 48.3 Å². The van der Waals surface area contributed by atoms with E-state index in [4.69, 9.17) is 14.5 Å². The molecule has 0 unspecified atom stereocenters. The second-order valence-corrected chi connectivity index (χ2v) is 9.16. The monoisotopic (exact) mass is 512 g/mol. The molecule has 172 valence electrons. The fourth-order valence-electron chi connectivity index (χ4n) is 4.25. The number of hydrogen-bond donors (Lipinski definition) is 1. The lowest BCUT2D eigenvalue weighted by molar-refractivity contribution is 0.0881. The van der Waals surface area contributed by atoms with E-state index in [0.29, 0.717) is 19.1 Å². The fourth-order valence-corrected chi connectivity index (χ4v) is 4.58. The summed E-state index contributed by atoms with van der Waals surface area (Å²) in [7, 11) is 0. The molecule has 10 heteroatoms. The Hall–Kier alpha value is -2.85. The molecular weight excluding hydrogens is 488 g/mol. The maximum Gasteiger partial charge on any atom is 0.289 e. The predicted octanol–water partition coefficient (Wildman–Crippen LogP) is 3.14. The Kier molecular flexibility index (Phi) is 6.63. The molecule has 0 aromatic carbocycles. The van der Waals surface area contributed by atoms with Crippen molar-refractivity contribution in [1.82, 2.24) is 25.3 Å². The minimum atomic E-state index is -0.234. The first-order valence-corrected chi connectivity index (χ1v) is 12.0. The number of aromatic nitrogens is 4. The van der Waals surface area contributed by atoms with E-state index in [9.17, 15) is 4.79 Å². The lowest BCUT2D eigenvalue weighted by atomic mass is 9.93. The van der Waals surface area contributed by atoms with E-state index in [1.165, 1.54) is 0 Å². The highest BCUT2D eigenvalue weighted by atomic mass is 79.9. The van der Waals surface area contributed by atoms with Crippen molar-refractivity contribution in [2.75, 3.05) is 31.2 Å². The molecule has 3 aromatic heterocycles. The van der Waals surface area contributed by atoms with Crippen LogP contribution in [0.3, 0.4) is 0 Å². The Morgan fingerprint density at radius 2 is 1.85 bits per heavy atom. The Balaban J connectivity index is 1.28. The molecule has 9 nitrogen and oxygen atoms in total. The van der Waals surface area contributed by atoms with Crippen LogP contribution in [0.1, 0.15) is 36.3 Å². The van der Waals surface area contributed by atoms with E-state index in [1.807, 2.05) is 12.1 Å². The minimum Gasteiger partial charge on any atom is -0.474 e. The molecule has 1 amide bonds. The highest BCUT2D eigenvalue weighted by Gasteiger charge is 2.26. The number of carbonyl (C=O) groups is 1. The summed E-state index contributed by atoms with van der Waals surface area (Å²) in [5.74, 6) is 1.43. The normalized spacial score (nSPS) is 21.1. The molecule has 33 heavy (non-hydrogen) atoms. The quantitative estimate of drug-likeness (QED) is 0.556. The standard InChI is InChI=1S/C23H25BrN6O3/c24-15-12-18-19(27-14-15)13-20(30-8-10-32-11-9-30)29-23(18)33-17-4-2-16(3-5-17)28-22(31)21-25-6-1-7-26-21/h1,6-7,12-14,16-17H,2-5,8-11H2,(H,28,31). The van der Waals surface area contributed by atoms with Gasteiger partial charge in [0.05, 0.1) is 24.1 Å². The van der Waals surface area contributed by atoms with Crippen molar-refractivity contribution in [3.05, 3.63) is 47.1 Å². The van der Waals surface area contributed by atoms with E-state index in [1.54, 1.807) is 24.7 Å². The van der Waals surface area contributed by atoms with Gasteiger partial charge in [-0.15, -0.1) is 0 Å². The average molecular weight is 513 g/mol. The first kappa shape index (κ1) is 22.0. The summed E-state index contributed by atoms with van der Waals surface area (Å²) < 4.78 is 12.8. The van der Waals surface area contributed by atoms with Gasteiger partial charge in [0.2, 0.25) is 11.7 Å². The van der Waals surface area contributed by atoms with Crippen molar-refractivity contribution in [3.8, 4) is 5.88 Å². The van der Waals surface area contributed by atoms with Crippen LogP contribution in [0.15, 0.2) is 41.3 Å². The number of pyridine rings is 2. The summed E-state index contributed by atoms with van der Waals surface area (Å²) in [6, 6.07) is 5.79. The molecule has 1 saturated carbocycles. The third-order valence-corrected chi connectivity index (χ3v) is 6.42. The maximum atomic E-state index is 12.3. The Bertz CT molecular complexity index is 1120. The van der Waals surface area contributed by atoms with Crippen molar-refractivity contribution >= 4 is 38.6 Å². The molecule has 1 aliphatic heterocycles. The van der Waals surface area contributed by atoms with Gasteiger partial charge in [0.1, 0.15) is 11.9 Å². The molecule has 1 aliphatic carbocycles. The SMILES string of the molecule is O=C(NC1CCC(Oc2nc(N3CCOCC3)cc3ncc(Br)cc23)CC1)c1ncccn1. The Morgan fingerprint density at radius 3 is 2.61 bits per heavy atom. The maximum absolute atomic E-state index is 12.3. The van der Waals surface area contributed by atoms with Crippen LogP contribution in [0, 0.1) is 0 Å². The molecular formula is C23H25BrN6O3. The van der Waals surface area contributed by atoms with Crippen LogP contribution >= 0.6 is 15.9 Å². The summed E-state index contributed by atoms with van der Waals surface area (Å²) in [5.41, 5.74) is 0.855. The van der Waals surface area contributed by atoms with Crippen LogP contribution < -0.4 is 15.0 Å². The van der Waals surface area contributed by atoms with Gasteiger partial charge in [-0.25, -0.2) is 9.97 Å². The predicted molar refractivity (Wildman–Crippen MR) is 126 cm³/mol. The summed E-state index contributed by atoms with van der Waals surface area (Å²) in [6.45, 7) is 2.97. The van der Waals surface area contributed by atoms with Gasteiger partial charge in [-0.1, -0.05) is 0 Å². The topological polar surface area (TPSA) is 102 Å². The number of amides is 1. The van der Waals surface area contributed by atoms with Gasteiger partial charge in [-0.05, 0) is 53.7 Å². The van der Waals surface area contributed by atoms with Gasteiger partial charge in [-0.2, -0.15) is 4.98 Å². The largest absolute Gasteiger partial charge is 0.474 e. The molecule has 3 aromatic rings. The number of carbonyl (C=O) groups excluding carboxylic acids is 1. The molecule has 5 rings (SSSR count). The fraction of sp³-hybridized carbons (Fsp3) is 0.435. The zero-order valence-corrected chi connectivity index (χ0v) is 19.7. The first-order valence-electron chi connectivity index (χ1n) is 11.2. The van der Waals surface area contributed by atoms with E-state index in [0.717, 1.165) is 60.0 Å². The van der Waals surface area contributed by atoms with Crippen LogP contribution in [-0.2, 0) is 4.74 Å².